The van der Waals surface area contributed by atoms with E-state index in [2.05, 4.69) is 0 Å². The fourth-order valence-corrected chi connectivity index (χ4v) is 0. The van der Waals surface area contributed by atoms with Gasteiger partial charge in [0.2, 0.25) is 0 Å². The Morgan fingerprint density at radius 2 is 1.12 bits per heavy atom. The van der Waals surface area contributed by atoms with E-state index in [-0.39, 0.29) is 23.2 Å². The first-order valence-electron chi connectivity index (χ1n) is 1.11. The molecule has 0 aromatic heterocycles. The summed E-state index contributed by atoms with van der Waals surface area (Å²) in [5, 5.41) is 14.8. The Hall–Kier alpha value is -0.581. The van der Waals surface area contributed by atoms with E-state index in [1.54, 1.807) is 0 Å². The van der Waals surface area contributed by atoms with Gasteiger partial charge in [0.15, 0.2) is 0 Å². The molecule has 8 heavy (non-hydrogen) atoms. The van der Waals surface area contributed by atoms with Crippen LogP contribution >= 0.6 is 0 Å². The summed E-state index contributed by atoms with van der Waals surface area (Å²) in [4.78, 5) is 18.2. The van der Waals surface area contributed by atoms with Gasteiger partial charge in [0.05, 0.1) is 0 Å². The minimum atomic E-state index is -1.82. The largest absolute Gasteiger partial charge is 3.00 e. The molecule has 0 atom stereocenters. The Balaban J connectivity index is -0.000000125. The minimum absolute atomic E-state index is 0. The van der Waals surface area contributed by atoms with Gasteiger partial charge in [0.1, 0.15) is 0 Å². The number of carboxylic acids is 2. The van der Waals surface area contributed by atoms with Crippen LogP contribution in [0, 0.1) is 0 Å². The standard InChI is InChI=1S/C2H2O4.Fe.H3N/c3-1(4)2(5)6;;/h(H,3,4)(H,5,6);;1H3/q;+3;. The Bertz CT molecular complexity index is 80.0. The van der Waals surface area contributed by atoms with Crippen LogP contribution in [-0.2, 0) is 26.7 Å². The van der Waals surface area contributed by atoms with E-state index in [9.17, 15) is 0 Å². The van der Waals surface area contributed by atoms with E-state index in [1.165, 1.54) is 0 Å². The van der Waals surface area contributed by atoms with Crippen LogP contribution in [0.2, 0.25) is 0 Å². The van der Waals surface area contributed by atoms with Crippen LogP contribution in [0.1, 0.15) is 0 Å². The zero-order valence-electron chi connectivity index (χ0n) is 3.77. The minimum Gasteiger partial charge on any atom is -0.473 e. The van der Waals surface area contributed by atoms with E-state index in [0.717, 1.165) is 0 Å². The molecule has 0 heterocycles. The van der Waals surface area contributed by atoms with Crippen LogP contribution in [-0.4, -0.2) is 22.2 Å². The molecule has 0 fully saturated rings. The van der Waals surface area contributed by atoms with Gasteiger partial charge in [-0.25, -0.2) is 9.59 Å². The summed E-state index contributed by atoms with van der Waals surface area (Å²) >= 11 is 0. The van der Waals surface area contributed by atoms with Gasteiger partial charge in [-0.1, -0.05) is 0 Å². The molecule has 0 bridgehead atoms. The third-order valence-corrected chi connectivity index (χ3v) is 0.183. The summed E-state index contributed by atoms with van der Waals surface area (Å²) in [5.74, 6) is -3.65. The van der Waals surface area contributed by atoms with Gasteiger partial charge in [-0.3, -0.25) is 0 Å². The molecule has 0 aliphatic carbocycles. The van der Waals surface area contributed by atoms with Crippen LogP contribution in [0.5, 0.6) is 0 Å². The second-order valence-electron chi connectivity index (χ2n) is 0.610. The average Bonchev–Trinajstić information content (AvgIpc) is 1.36. The fourth-order valence-electron chi connectivity index (χ4n) is 0. The molecule has 1 radical (unpaired) electrons. The van der Waals surface area contributed by atoms with Crippen molar-refractivity contribution in [2.45, 2.75) is 0 Å². The number of carbonyl (C=O) groups is 2. The Morgan fingerprint density at radius 1 is 1.00 bits per heavy atom. The predicted molar refractivity (Wildman–Crippen MR) is 20.3 cm³/mol. The molecule has 0 aromatic rings. The van der Waals surface area contributed by atoms with Crippen LogP contribution in [0.3, 0.4) is 0 Å². The van der Waals surface area contributed by atoms with Crippen molar-refractivity contribution in [3.63, 3.8) is 0 Å². The topological polar surface area (TPSA) is 110 Å². The number of rotatable bonds is 0. The van der Waals surface area contributed by atoms with Crippen molar-refractivity contribution in [3.05, 3.63) is 0 Å². The molecule has 47 valence electrons. The summed E-state index contributed by atoms with van der Waals surface area (Å²) in [6, 6.07) is 0. The van der Waals surface area contributed by atoms with Crippen molar-refractivity contribution in [2.75, 3.05) is 0 Å². The van der Waals surface area contributed by atoms with Gasteiger partial charge >= 0.3 is 29.0 Å². The number of carboxylic acid groups (broad SMARTS) is 2. The van der Waals surface area contributed by atoms with Crippen LogP contribution in [0.4, 0.5) is 0 Å². The quantitative estimate of drug-likeness (QED) is 0.323. The molecule has 0 rings (SSSR count). The molecule has 0 spiro atoms. The third kappa shape index (κ3) is 9.05. The third-order valence-electron chi connectivity index (χ3n) is 0.183. The first-order chi connectivity index (χ1) is 2.64. The van der Waals surface area contributed by atoms with E-state index in [1.807, 2.05) is 0 Å². The fraction of sp³-hybridized carbons (Fsp3) is 0. The van der Waals surface area contributed by atoms with Gasteiger partial charge in [0.25, 0.3) is 0 Å². The van der Waals surface area contributed by atoms with Crippen molar-refractivity contribution in [2.24, 2.45) is 0 Å². The maximum atomic E-state index is 9.10. The molecular weight excluding hydrogens is 158 g/mol. The van der Waals surface area contributed by atoms with E-state index in [0.29, 0.717) is 0 Å². The van der Waals surface area contributed by atoms with Crippen LogP contribution in [0.25, 0.3) is 0 Å². The summed E-state index contributed by atoms with van der Waals surface area (Å²) < 4.78 is 0. The van der Waals surface area contributed by atoms with Crippen LogP contribution in [0.15, 0.2) is 0 Å². The van der Waals surface area contributed by atoms with Crippen molar-refractivity contribution in [1.29, 1.82) is 0 Å². The summed E-state index contributed by atoms with van der Waals surface area (Å²) in [6.07, 6.45) is 0. The maximum absolute atomic E-state index is 9.10. The van der Waals surface area contributed by atoms with Gasteiger partial charge in [-0.05, 0) is 0 Å². The normalized spacial score (nSPS) is 5.50. The Morgan fingerprint density at radius 3 is 1.12 bits per heavy atom. The molecule has 0 aliphatic heterocycles. The van der Waals surface area contributed by atoms with Crippen LogP contribution < -0.4 is 6.15 Å². The maximum Gasteiger partial charge on any atom is 3.00 e. The first-order valence-corrected chi connectivity index (χ1v) is 1.11. The summed E-state index contributed by atoms with van der Waals surface area (Å²) in [5.41, 5.74) is 0. The second-order valence-corrected chi connectivity index (χ2v) is 0.610. The molecular formula is C2H5FeNO4+3. The van der Waals surface area contributed by atoms with Crippen molar-refractivity contribution in [1.82, 2.24) is 6.15 Å². The predicted octanol–water partition coefficient (Wildman–Crippen LogP) is -0.685. The van der Waals surface area contributed by atoms with Gasteiger partial charge < -0.3 is 16.4 Å². The molecule has 0 saturated heterocycles. The molecule has 0 unspecified atom stereocenters. The smallest absolute Gasteiger partial charge is 0.473 e. The molecule has 6 heteroatoms. The molecule has 5 N–H and O–H groups in total. The van der Waals surface area contributed by atoms with Crippen molar-refractivity contribution in [3.8, 4) is 0 Å². The van der Waals surface area contributed by atoms with E-state index < -0.39 is 11.9 Å². The average molecular weight is 163 g/mol. The SMILES string of the molecule is N.O=C(O)C(=O)O.[Fe+3]. The monoisotopic (exact) mass is 163 g/mol. The summed E-state index contributed by atoms with van der Waals surface area (Å²) in [6.45, 7) is 0. The second kappa shape index (κ2) is 6.42. The number of aliphatic carboxylic acids is 2. The van der Waals surface area contributed by atoms with Gasteiger partial charge in [-0.2, -0.15) is 0 Å². The van der Waals surface area contributed by atoms with Crippen molar-refractivity contribution >= 4 is 11.9 Å². The molecule has 0 aromatic carbocycles. The Labute approximate surface area is 55.7 Å². The van der Waals surface area contributed by atoms with Gasteiger partial charge in [0, 0.05) is 0 Å². The van der Waals surface area contributed by atoms with Gasteiger partial charge in [-0.15, -0.1) is 0 Å². The molecule has 0 amide bonds. The zero-order chi connectivity index (χ0) is 5.15. The van der Waals surface area contributed by atoms with E-state index in [4.69, 9.17) is 19.8 Å². The zero-order valence-corrected chi connectivity index (χ0v) is 4.88. The molecule has 0 saturated carbocycles. The van der Waals surface area contributed by atoms with E-state index >= 15 is 0 Å². The number of hydrogen-bond donors (Lipinski definition) is 3. The number of hydrogen-bond acceptors (Lipinski definition) is 3. The van der Waals surface area contributed by atoms with Crippen molar-refractivity contribution < 1.29 is 36.9 Å². The first kappa shape index (κ1) is 15.7. The molecule has 0 aliphatic rings. The Kier molecular flexibility index (Phi) is 12.6. The molecule has 5 nitrogen and oxygen atoms in total. The summed E-state index contributed by atoms with van der Waals surface area (Å²) in [7, 11) is 0.